The Labute approximate surface area is 94.3 Å². The zero-order valence-corrected chi connectivity index (χ0v) is 8.39. The Balaban J connectivity index is 0.000000185. The maximum absolute atomic E-state index is 10.5. The van der Waals surface area contributed by atoms with E-state index in [4.69, 9.17) is 9.90 Å². The lowest BCUT2D eigenvalue weighted by Crippen LogP contribution is -2.37. The van der Waals surface area contributed by atoms with Crippen molar-refractivity contribution in [2.75, 3.05) is 0 Å². The van der Waals surface area contributed by atoms with Gasteiger partial charge in [0.1, 0.15) is 5.97 Å². The number of aliphatic carboxylic acids is 1. The lowest BCUT2D eigenvalue weighted by molar-refractivity contribution is -0.591. The van der Waals surface area contributed by atoms with Gasteiger partial charge in [0.05, 0.1) is 6.20 Å². The molecule has 0 unspecified atom stereocenters. The third-order valence-electron chi connectivity index (χ3n) is 1.67. The molecule has 0 aromatic heterocycles. The van der Waals surface area contributed by atoms with E-state index in [1.807, 2.05) is 41.4 Å². The molecular weight excluding hydrogens is 237 g/mol. The maximum atomic E-state index is 10.5. The molecule has 0 aromatic rings. The molecule has 90 valence electrons. The van der Waals surface area contributed by atoms with Crippen molar-refractivity contribution in [1.29, 1.82) is 0 Å². The van der Waals surface area contributed by atoms with E-state index in [0.717, 1.165) is 5.69 Å². The number of carbonyl (C=O) groups is 1. The van der Waals surface area contributed by atoms with Crippen LogP contribution in [0, 0.1) is 0 Å². The topological polar surface area (TPSA) is 56.9 Å². The summed E-state index contributed by atoms with van der Waals surface area (Å²) >= 11 is 0. The van der Waals surface area contributed by atoms with Gasteiger partial charge in [-0.15, -0.1) is 0 Å². The predicted octanol–water partition coefficient (Wildman–Crippen LogP) is 0.0947. The average Bonchev–Trinajstić information content (AvgIpc) is 2.55. The Bertz CT molecular complexity index is 446. The first-order valence-corrected chi connectivity index (χ1v) is 4.39. The van der Waals surface area contributed by atoms with Gasteiger partial charge in [-0.25, -0.2) is 0 Å². The van der Waals surface area contributed by atoms with Crippen molar-refractivity contribution >= 4 is 5.97 Å². The summed E-state index contributed by atoms with van der Waals surface area (Å²) in [5.41, 5.74) is 1.12. The van der Waals surface area contributed by atoms with Gasteiger partial charge in [0.2, 0.25) is 5.69 Å². The lowest BCUT2D eigenvalue weighted by atomic mass is 10.5. The first kappa shape index (κ1) is 12.9. The fraction of sp³-hybridized carbons (Fsp3) is 0.100. The van der Waals surface area contributed by atoms with Crippen molar-refractivity contribution < 1.29 is 27.6 Å². The fourth-order valence-electron chi connectivity index (χ4n) is 0.952. The van der Waals surface area contributed by atoms with Crippen LogP contribution in [-0.4, -0.2) is 17.1 Å². The molecule has 0 bridgehead atoms. The third kappa shape index (κ3) is 4.06. The van der Waals surface area contributed by atoms with Crippen LogP contribution in [0.5, 0.6) is 0 Å². The van der Waals surface area contributed by atoms with Crippen LogP contribution in [0.15, 0.2) is 43.0 Å². The van der Waals surface area contributed by atoms with Crippen LogP contribution in [0.4, 0.5) is 13.2 Å². The van der Waals surface area contributed by atoms with Crippen LogP contribution >= 0.6 is 0 Å². The first-order valence-electron chi connectivity index (χ1n) is 4.39. The minimum atomic E-state index is -5.19. The lowest BCUT2D eigenvalue weighted by Gasteiger charge is -2.03. The van der Waals surface area contributed by atoms with Crippen molar-refractivity contribution in [1.82, 2.24) is 4.98 Å². The van der Waals surface area contributed by atoms with E-state index in [1.165, 1.54) is 0 Å². The largest absolute Gasteiger partial charge is 0.542 e. The smallest absolute Gasteiger partial charge is 0.430 e. The molecule has 0 saturated carbocycles. The predicted molar refractivity (Wildman–Crippen MR) is 48.0 cm³/mol. The summed E-state index contributed by atoms with van der Waals surface area (Å²) in [4.78, 5) is 12.8. The van der Waals surface area contributed by atoms with Gasteiger partial charge in [-0.1, -0.05) is 0 Å². The second kappa shape index (κ2) is 5.24. The molecule has 7 heteroatoms. The fourth-order valence-corrected chi connectivity index (χ4v) is 0.952. The number of hydrogen-bond acceptors (Lipinski definition) is 3. The van der Waals surface area contributed by atoms with Crippen LogP contribution in [0.2, 0.25) is 0 Å². The maximum Gasteiger partial charge on any atom is 0.430 e. The molecule has 4 nitrogen and oxygen atoms in total. The van der Waals surface area contributed by atoms with Gasteiger partial charge in [-0.2, -0.15) is 17.7 Å². The summed E-state index contributed by atoms with van der Waals surface area (Å²) in [5, 5.41) is 8.78. The number of fused-ring (bicyclic) bond motifs is 1. The number of rotatable bonds is 0. The van der Waals surface area contributed by atoms with Crippen LogP contribution in [-0.2, 0) is 4.79 Å². The number of aromatic nitrogens is 2. The van der Waals surface area contributed by atoms with Gasteiger partial charge >= 0.3 is 6.18 Å². The number of halogens is 3. The van der Waals surface area contributed by atoms with E-state index in [2.05, 4.69) is 4.98 Å². The summed E-state index contributed by atoms with van der Waals surface area (Å²) in [7, 11) is 0. The highest BCUT2D eigenvalue weighted by atomic mass is 19.4. The highest BCUT2D eigenvalue weighted by Crippen LogP contribution is 2.11. The molecule has 0 atom stereocenters. The minimum absolute atomic E-state index is 1.12. The van der Waals surface area contributed by atoms with Crippen LogP contribution in [0.1, 0.15) is 0 Å². The Morgan fingerprint density at radius 2 is 1.88 bits per heavy atom. The first-order chi connectivity index (χ1) is 7.91. The second-order valence-electron chi connectivity index (χ2n) is 2.89. The number of nitrogens with zero attached hydrogens (tertiary/aromatic N) is 2. The van der Waals surface area contributed by atoms with Gasteiger partial charge in [-0.3, -0.25) is 4.98 Å². The van der Waals surface area contributed by atoms with E-state index in [0.29, 0.717) is 0 Å². The molecular formula is C10H7F3N2O2. The summed E-state index contributed by atoms with van der Waals surface area (Å²) in [6, 6.07) is 5.93. The number of carboxylic acids is 1. The monoisotopic (exact) mass is 244 g/mol. The Morgan fingerprint density at radius 1 is 1.29 bits per heavy atom. The summed E-state index contributed by atoms with van der Waals surface area (Å²) in [5.74, 6) is -3.01. The van der Waals surface area contributed by atoms with Crippen LogP contribution < -0.4 is 9.67 Å². The van der Waals surface area contributed by atoms with Gasteiger partial charge < -0.3 is 9.90 Å². The van der Waals surface area contributed by atoms with E-state index < -0.39 is 12.1 Å². The zero-order chi connectivity index (χ0) is 12.9. The molecule has 2 aliphatic rings. The molecule has 2 aliphatic heterocycles. The normalized spacial score (nSPS) is 10.5. The number of alkyl halides is 3. The Morgan fingerprint density at radius 3 is 2.47 bits per heavy atom. The molecule has 0 amide bonds. The molecule has 2 heterocycles. The van der Waals surface area contributed by atoms with E-state index >= 15 is 0 Å². The minimum Gasteiger partial charge on any atom is -0.542 e. The summed E-state index contributed by atoms with van der Waals surface area (Å²) in [6.45, 7) is 0. The standard InChI is InChI=1S/C8H7N2.C2HF3O2/c1-3-8-7-9-4-2-6-10(8)5-1;3-2(4,5)1(6)7/h1-7H;(H,6,7)/q+1;/p-1. The SMILES string of the molecule is O=C([O-])C(F)(F)F.c1cncc2ccc[n+]-2c1. The van der Waals surface area contributed by atoms with E-state index in [1.54, 1.807) is 6.20 Å². The molecule has 0 radical (unpaired) electrons. The van der Waals surface area contributed by atoms with Gasteiger partial charge in [-0.05, 0) is 0 Å². The number of carboxylic acid groups (broad SMARTS) is 1. The van der Waals surface area contributed by atoms with Crippen LogP contribution in [0.25, 0.3) is 5.69 Å². The average molecular weight is 244 g/mol. The molecule has 0 aliphatic carbocycles. The Kier molecular flexibility index (Phi) is 3.97. The van der Waals surface area contributed by atoms with Crippen molar-refractivity contribution in [3.8, 4) is 5.69 Å². The molecule has 0 saturated heterocycles. The molecule has 0 aromatic carbocycles. The van der Waals surface area contributed by atoms with Gasteiger partial charge in [0.15, 0.2) is 12.4 Å². The number of hydrogen-bond donors (Lipinski definition) is 0. The second-order valence-corrected chi connectivity index (χ2v) is 2.89. The summed E-state index contributed by atoms with van der Waals surface area (Å²) in [6.07, 6.45) is 2.38. The highest BCUT2D eigenvalue weighted by Gasteiger charge is 2.28. The van der Waals surface area contributed by atoms with Crippen molar-refractivity contribution in [3.63, 3.8) is 0 Å². The Hall–Kier alpha value is -2.18. The molecule has 2 rings (SSSR count). The number of carbonyl (C=O) groups excluding carboxylic acids is 1. The molecule has 0 N–H and O–H groups in total. The molecule has 17 heavy (non-hydrogen) atoms. The molecule has 0 spiro atoms. The summed E-state index contributed by atoms with van der Waals surface area (Å²) < 4.78 is 33.6. The quantitative estimate of drug-likeness (QED) is 0.617. The van der Waals surface area contributed by atoms with Crippen molar-refractivity contribution in [2.24, 2.45) is 0 Å². The van der Waals surface area contributed by atoms with Crippen molar-refractivity contribution in [2.45, 2.75) is 6.18 Å². The van der Waals surface area contributed by atoms with Crippen molar-refractivity contribution in [3.05, 3.63) is 43.0 Å². The third-order valence-corrected chi connectivity index (χ3v) is 1.67. The highest BCUT2D eigenvalue weighted by molar-refractivity contribution is 5.70. The van der Waals surface area contributed by atoms with E-state index in [9.17, 15) is 13.2 Å². The van der Waals surface area contributed by atoms with Gasteiger partial charge in [0.25, 0.3) is 0 Å². The van der Waals surface area contributed by atoms with E-state index in [-0.39, 0.29) is 0 Å². The molecule has 0 fully saturated rings. The zero-order valence-electron chi connectivity index (χ0n) is 8.39. The van der Waals surface area contributed by atoms with Gasteiger partial charge in [0, 0.05) is 24.4 Å². The van der Waals surface area contributed by atoms with Crippen LogP contribution in [0.3, 0.4) is 0 Å².